The minimum absolute atomic E-state index is 0.111. The van der Waals surface area contributed by atoms with Crippen LogP contribution in [0.4, 0.5) is 4.39 Å². The lowest BCUT2D eigenvalue weighted by Crippen LogP contribution is -2.67. The van der Waals surface area contributed by atoms with E-state index in [0.717, 1.165) is 13.1 Å². The molecule has 1 aliphatic carbocycles. The summed E-state index contributed by atoms with van der Waals surface area (Å²) in [6.07, 6.45) is 5.20. The van der Waals surface area contributed by atoms with Crippen molar-refractivity contribution in [1.82, 2.24) is 10.2 Å². The first-order valence-corrected chi connectivity index (χ1v) is 6.14. The average molecular weight is 214 g/mol. The maximum Gasteiger partial charge on any atom is 0.102 e. The SMILES string of the molecule is CC1(C)CNC2(CCCC2)CN1CCF. The molecule has 1 N–H and O–H groups in total. The highest BCUT2D eigenvalue weighted by Gasteiger charge is 2.43. The molecule has 1 spiro atoms. The van der Waals surface area contributed by atoms with E-state index < -0.39 is 0 Å². The van der Waals surface area contributed by atoms with Gasteiger partial charge in [-0.15, -0.1) is 0 Å². The lowest BCUT2D eigenvalue weighted by atomic mass is 9.87. The molecule has 1 saturated carbocycles. The number of halogens is 1. The number of nitrogens with zero attached hydrogens (tertiary/aromatic N) is 1. The molecule has 15 heavy (non-hydrogen) atoms. The van der Waals surface area contributed by atoms with Crippen LogP contribution >= 0.6 is 0 Å². The number of hydrogen-bond acceptors (Lipinski definition) is 2. The van der Waals surface area contributed by atoms with E-state index in [1.54, 1.807) is 0 Å². The fourth-order valence-corrected chi connectivity index (χ4v) is 3.02. The van der Waals surface area contributed by atoms with Gasteiger partial charge in [-0.3, -0.25) is 4.90 Å². The van der Waals surface area contributed by atoms with Gasteiger partial charge in [0.1, 0.15) is 6.67 Å². The van der Waals surface area contributed by atoms with E-state index in [4.69, 9.17) is 0 Å². The van der Waals surface area contributed by atoms with Crippen LogP contribution in [0.5, 0.6) is 0 Å². The summed E-state index contributed by atoms with van der Waals surface area (Å²) in [5.74, 6) is 0. The zero-order chi connectivity index (χ0) is 10.9. The van der Waals surface area contributed by atoms with Crippen LogP contribution in [0.15, 0.2) is 0 Å². The quantitative estimate of drug-likeness (QED) is 0.756. The third kappa shape index (κ3) is 2.18. The zero-order valence-corrected chi connectivity index (χ0v) is 9.98. The van der Waals surface area contributed by atoms with E-state index in [1.807, 2.05) is 0 Å². The van der Waals surface area contributed by atoms with Gasteiger partial charge in [-0.2, -0.15) is 0 Å². The predicted octanol–water partition coefficient (Wildman–Crippen LogP) is 1.95. The Morgan fingerprint density at radius 1 is 1.27 bits per heavy atom. The highest BCUT2D eigenvalue weighted by atomic mass is 19.1. The lowest BCUT2D eigenvalue weighted by molar-refractivity contribution is 0.0242. The van der Waals surface area contributed by atoms with Crippen LogP contribution in [0, 0.1) is 0 Å². The van der Waals surface area contributed by atoms with Gasteiger partial charge >= 0.3 is 0 Å². The van der Waals surface area contributed by atoms with Gasteiger partial charge in [-0.05, 0) is 26.7 Å². The van der Waals surface area contributed by atoms with E-state index in [2.05, 4.69) is 24.1 Å². The molecule has 0 aromatic heterocycles. The van der Waals surface area contributed by atoms with E-state index in [9.17, 15) is 4.39 Å². The van der Waals surface area contributed by atoms with E-state index in [0.29, 0.717) is 12.1 Å². The van der Waals surface area contributed by atoms with E-state index in [-0.39, 0.29) is 12.2 Å². The van der Waals surface area contributed by atoms with Crippen molar-refractivity contribution in [3.05, 3.63) is 0 Å². The first-order chi connectivity index (χ1) is 7.08. The van der Waals surface area contributed by atoms with E-state index >= 15 is 0 Å². The maximum absolute atomic E-state index is 12.5. The summed E-state index contributed by atoms with van der Waals surface area (Å²) in [7, 11) is 0. The molecule has 2 aliphatic rings. The Balaban J connectivity index is 2.05. The first kappa shape index (κ1) is 11.3. The van der Waals surface area contributed by atoms with Crippen molar-refractivity contribution in [2.75, 3.05) is 26.3 Å². The van der Waals surface area contributed by atoms with Crippen LogP contribution in [0.2, 0.25) is 0 Å². The first-order valence-electron chi connectivity index (χ1n) is 6.14. The van der Waals surface area contributed by atoms with Crippen molar-refractivity contribution in [3.63, 3.8) is 0 Å². The van der Waals surface area contributed by atoms with Gasteiger partial charge in [-0.1, -0.05) is 12.8 Å². The van der Waals surface area contributed by atoms with Crippen molar-refractivity contribution in [2.45, 2.75) is 50.6 Å². The molecule has 0 aromatic carbocycles. The largest absolute Gasteiger partial charge is 0.308 e. The minimum atomic E-state index is -0.223. The van der Waals surface area contributed by atoms with Gasteiger partial charge in [0.05, 0.1) is 0 Å². The summed E-state index contributed by atoms with van der Waals surface area (Å²) in [4.78, 5) is 2.33. The van der Waals surface area contributed by atoms with Crippen LogP contribution in [-0.2, 0) is 0 Å². The molecule has 3 heteroatoms. The minimum Gasteiger partial charge on any atom is -0.308 e. The third-order valence-electron chi connectivity index (χ3n) is 4.16. The monoisotopic (exact) mass is 214 g/mol. The predicted molar refractivity (Wildman–Crippen MR) is 60.8 cm³/mol. The fourth-order valence-electron chi connectivity index (χ4n) is 3.02. The smallest absolute Gasteiger partial charge is 0.102 e. The maximum atomic E-state index is 12.5. The Bertz CT molecular complexity index is 222. The molecule has 88 valence electrons. The molecule has 0 bridgehead atoms. The molecule has 1 aliphatic heterocycles. The average Bonchev–Trinajstić information content (AvgIpc) is 2.62. The number of nitrogens with one attached hydrogen (secondary N) is 1. The van der Waals surface area contributed by atoms with Crippen molar-refractivity contribution in [2.24, 2.45) is 0 Å². The second-order valence-corrected chi connectivity index (χ2v) is 5.76. The van der Waals surface area contributed by atoms with Gasteiger partial charge in [0, 0.05) is 30.7 Å². The second kappa shape index (κ2) is 4.02. The Hall–Kier alpha value is -0.150. The third-order valence-corrected chi connectivity index (χ3v) is 4.16. The van der Waals surface area contributed by atoms with Crippen LogP contribution in [0.1, 0.15) is 39.5 Å². The van der Waals surface area contributed by atoms with Gasteiger partial charge < -0.3 is 5.32 Å². The summed E-state index contributed by atoms with van der Waals surface area (Å²) in [5, 5.41) is 3.71. The molecule has 0 unspecified atom stereocenters. The highest BCUT2D eigenvalue weighted by Crippen LogP contribution is 2.35. The van der Waals surface area contributed by atoms with Gasteiger partial charge in [-0.25, -0.2) is 4.39 Å². The number of alkyl halides is 1. The zero-order valence-electron chi connectivity index (χ0n) is 9.98. The summed E-state index contributed by atoms with van der Waals surface area (Å²) in [6.45, 7) is 6.81. The normalized spacial score (nSPS) is 29.8. The van der Waals surface area contributed by atoms with E-state index in [1.165, 1.54) is 25.7 Å². The molecule has 2 fully saturated rings. The van der Waals surface area contributed by atoms with Gasteiger partial charge in [0.15, 0.2) is 0 Å². The summed E-state index contributed by atoms with van der Waals surface area (Å²) in [5.41, 5.74) is 0.421. The molecule has 1 saturated heterocycles. The van der Waals surface area contributed by atoms with Gasteiger partial charge in [0.2, 0.25) is 0 Å². The molecule has 0 amide bonds. The summed E-state index contributed by atoms with van der Waals surface area (Å²) >= 11 is 0. The lowest BCUT2D eigenvalue weighted by Gasteiger charge is -2.50. The van der Waals surface area contributed by atoms with Crippen molar-refractivity contribution in [3.8, 4) is 0 Å². The molecule has 1 heterocycles. The Morgan fingerprint density at radius 3 is 2.53 bits per heavy atom. The molecule has 2 rings (SSSR count). The Kier molecular flexibility index (Phi) is 3.04. The van der Waals surface area contributed by atoms with Crippen molar-refractivity contribution < 1.29 is 4.39 Å². The number of piperazine rings is 1. The van der Waals surface area contributed by atoms with Gasteiger partial charge in [0.25, 0.3) is 0 Å². The fraction of sp³-hybridized carbons (Fsp3) is 1.00. The molecule has 2 nitrogen and oxygen atoms in total. The van der Waals surface area contributed by atoms with Crippen LogP contribution in [-0.4, -0.2) is 42.3 Å². The summed E-state index contributed by atoms with van der Waals surface area (Å²) in [6, 6.07) is 0. The second-order valence-electron chi connectivity index (χ2n) is 5.76. The van der Waals surface area contributed by atoms with Crippen molar-refractivity contribution in [1.29, 1.82) is 0 Å². The summed E-state index contributed by atoms with van der Waals surface area (Å²) < 4.78 is 12.5. The van der Waals surface area contributed by atoms with Crippen LogP contribution < -0.4 is 5.32 Å². The molecule has 0 atom stereocenters. The number of hydrogen-bond donors (Lipinski definition) is 1. The van der Waals surface area contributed by atoms with Crippen LogP contribution in [0.25, 0.3) is 0 Å². The highest BCUT2D eigenvalue weighted by molar-refractivity contribution is 5.03. The molecule has 0 radical (unpaired) electrons. The standard InChI is InChI=1S/C12H23FN2/c1-11(2)9-14-12(5-3-4-6-12)10-15(11)8-7-13/h14H,3-10H2,1-2H3. The van der Waals surface area contributed by atoms with Crippen LogP contribution in [0.3, 0.4) is 0 Å². The molecular weight excluding hydrogens is 191 g/mol. The topological polar surface area (TPSA) is 15.3 Å². The molecule has 0 aromatic rings. The Labute approximate surface area is 92.2 Å². The molecular formula is C12H23FN2. The Morgan fingerprint density at radius 2 is 1.93 bits per heavy atom. The number of rotatable bonds is 2. The van der Waals surface area contributed by atoms with Crippen molar-refractivity contribution >= 4 is 0 Å².